The molecule has 2 fully saturated rings. The van der Waals surface area contributed by atoms with Crippen LogP contribution in [0.25, 0.3) is 22.5 Å². The molecule has 1 N–H and O–H groups in total. The van der Waals surface area contributed by atoms with Crippen molar-refractivity contribution in [3.8, 4) is 22.5 Å². The second kappa shape index (κ2) is 8.07. The van der Waals surface area contributed by atoms with E-state index in [9.17, 15) is 13.9 Å². The van der Waals surface area contributed by atoms with Gasteiger partial charge in [-0.2, -0.15) is 5.10 Å². The molecule has 4 heterocycles. The first-order valence-electron chi connectivity index (χ1n) is 12.8. The molecule has 0 unspecified atom stereocenters. The highest BCUT2D eigenvalue weighted by atomic mass is 19.1. The number of anilines is 1. The van der Waals surface area contributed by atoms with E-state index in [0.29, 0.717) is 18.8 Å². The Labute approximate surface area is 218 Å². The van der Waals surface area contributed by atoms with Crippen LogP contribution in [0.4, 0.5) is 14.6 Å². The molecule has 192 valence electrons. The standard InChI is InChI=1S/C29H26F2N6O/c1-28(2)19-8-9-29(28,27-18(19)10-22(35-36-27)26-20(30)4-3-5-21(26)31)24-13-32-12-23(34-24)16-6-7-25(33-11-16)37-14-17(38)15-37/h3-7,10-13,17,19,38H,8-9,14-15H2,1-2H3/t19-,29+/m0/s1. The molecule has 0 amide bonds. The van der Waals surface area contributed by atoms with Crippen molar-refractivity contribution in [1.29, 1.82) is 0 Å². The normalized spacial score (nSPS) is 23.4. The van der Waals surface area contributed by atoms with Crippen LogP contribution >= 0.6 is 0 Å². The summed E-state index contributed by atoms with van der Waals surface area (Å²) in [5.41, 5.74) is 3.46. The van der Waals surface area contributed by atoms with Crippen molar-refractivity contribution >= 4 is 5.82 Å². The second-order valence-corrected chi connectivity index (χ2v) is 11.1. The largest absolute Gasteiger partial charge is 0.389 e. The molecule has 7 rings (SSSR count). The van der Waals surface area contributed by atoms with Crippen molar-refractivity contribution < 1.29 is 13.9 Å². The lowest BCUT2D eigenvalue weighted by atomic mass is 9.66. The maximum absolute atomic E-state index is 14.5. The van der Waals surface area contributed by atoms with Crippen LogP contribution in [-0.2, 0) is 5.41 Å². The fraction of sp³-hybridized carbons (Fsp3) is 0.345. The lowest BCUT2D eigenvalue weighted by Gasteiger charge is -2.37. The summed E-state index contributed by atoms with van der Waals surface area (Å²) in [7, 11) is 0. The van der Waals surface area contributed by atoms with Gasteiger partial charge in [-0.1, -0.05) is 19.9 Å². The Balaban J connectivity index is 1.29. The molecule has 1 saturated heterocycles. The lowest BCUT2D eigenvalue weighted by molar-refractivity contribution is 0.141. The van der Waals surface area contributed by atoms with E-state index in [-0.39, 0.29) is 28.7 Å². The van der Waals surface area contributed by atoms with Crippen molar-refractivity contribution in [1.82, 2.24) is 25.1 Å². The number of nitrogens with zero attached hydrogens (tertiary/aromatic N) is 6. The molecular formula is C29H26F2N6O. The second-order valence-electron chi connectivity index (χ2n) is 11.1. The Bertz CT molecular complexity index is 1550. The highest BCUT2D eigenvalue weighted by Crippen LogP contribution is 2.69. The first-order chi connectivity index (χ1) is 18.3. The third-order valence-corrected chi connectivity index (χ3v) is 8.90. The van der Waals surface area contributed by atoms with E-state index >= 15 is 0 Å². The van der Waals surface area contributed by atoms with Crippen molar-refractivity contribution in [2.75, 3.05) is 18.0 Å². The minimum atomic E-state index is -0.653. The predicted molar refractivity (Wildman–Crippen MR) is 137 cm³/mol. The van der Waals surface area contributed by atoms with Gasteiger partial charge in [-0.25, -0.2) is 18.7 Å². The van der Waals surface area contributed by atoms with Gasteiger partial charge in [-0.05, 0) is 60.1 Å². The van der Waals surface area contributed by atoms with E-state index < -0.39 is 17.0 Å². The summed E-state index contributed by atoms with van der Waals surface area (Å²) < 4.78 is 29.1. The molecule has 3 aromatic heterocycles. The highest BCUT2D eigenvalue weighted by molar-refractivity contribution is 5.65. The minimum Gasteiger partial charge on any atom is -0.389 e. The van der Waals surface area contributed by atoms with Crippen LogP contribution in [0.15, 0.2) is 55.0 Å². The number of aromatic nitrogens is 5. The maximum Gasteiger partial charge on any atom is 0.135 e. The summed E-state index contributed by atoms with van der Waals surface area (Å²) in [5, 5.41) is 18.5. The fourth-order valence-electron chi connectivity index (χ4n) is 6.83. The fourth-order valence-corrected chi connectivity index (χ4v) is 6.83. The Morgan fingerprint density at radius 1 is 0.974 bits per heavy atom. The number of hydrogen-bond donors (Lipinski definition) is 1. The van der Waals surface area contributed by atoms with E-state index in [4.69, 9.17) is 4.98 Å². The molecule has 2 aliphatic carbocycles. The van der Waals surface area contributed by atoms with Gasteiger partial charge in [-0.3, -0.25) is 4.98 Å². The van der Waals surface area contributed by atoms with Gasteiger partial charge < -0.3 is 10.0 Å². The monoisotopic (exact) mass is 512 g/mol. The Kier molecular flexibility index (Phi) is 4.95. The Hall–Kier alpha value is -3.85. The molecule has 0 radical (unpaired) electrons. The summed E-state index contributed by atoms with van der Waals surface area (Å²) in [6.07, 6.45) is 6.77. The first kappa shape index (κ1) is 23.3. The van der Waals surface area contributed by atoms with Gasteiger partial charge in [-0.15, -0.1) is 5.10 Å². The predicted octanol–water partition coefficient (Wildman–Crippen LogP) is 4.66. The maximum atomic E-state index is 14.5. The van der Waals surface area contributed by atoms with Crippen LogP contribution in [-0.4, -0.2) is 49.4 Å². The first-order valence-corrected chi connectivity index (χ1v) is 12.8. The average Bonchev–Trinajstić information content (AvgIpc) is 3.28. The molecule has 1 aliphatic heterocycles. The SMILES string of the molecule is CC1(C)[C@H]2CC[C@@]1(c1cncc(-c3ccc(N4CC(O)C4)nc3)n1)c1nnc(-c3c(F)cccc3F)cc12. The van der Waals surface area contributed by atoms with Gasteiger partial charge in [0.2, 0.25) is 0 Å². The van der Waals surface area contributed by atoms with Crippen LogP contribution in [0, 0.1) is 17.0 Å². The number of β-amino-alcohol motifs (C(OH)–C–C–N with tert-alkyl or cyclic N) is 1. The number of hydrogen-bond acceptors (Lipinski definition) is 7. The number of halogens is 2. The molecule has 2 bridgehead atoms. The van der Waals surface area contributed by atoms with E-state index in [1.54, 1.807) is 18.6 Å². The summed E-state index contributed by atoms with van der Waals surface area (Å²) in [4.78, 5) is 16.2. The number of pyridine rings is 1. The zero-order chi connectivity index (χ0) is 26.2. The zero-order valence-electron chi connectivity index (χ0n) is 21.1. The van der Waals surface area contributed by atoms with Gasteiger partial charge in [0.1, 0.15) is 17.5 Å². The molecule has 1 saturated carbocycles. The van der Waals surface area contributed by atoms with Crippen LogP contribution in [0.2, 0.25) is 0 Å². The molecule has 2 atom stereocenters. The molecule has 9 heteroatoms. The molecule has 3 aliphatic rings. The number of aliphatic hydroxyl groups is 1. The van der Waals surface area contributed by atoms with Crippen LogP contribution < -0.4 is 4.90 Å². The molecule has 7 nitrogen and oxygen atoms in total. The summed E-state index contributed by atoms with van der Waals surface area (Å²) >= 11 is 0. The van der Waals surface area contributed by atoms with Crippen LogP contribution in [0.5, 0.6) is 0 Å². The molecule has 4 aromatic rings. The molecule has 0 spiro atoms. The van der Waals surface area contributed by atoms with E-state index in [1.165, 1.54) is 18.2 Å². The summed E-state index contributed by atoms with van der Waals surface area (Å²) in [5.74, 6) is -0.330. The number of rotatable bonds is 4. The van der Waals surface area contributed by atoms with Crippen molar-refractivity contribution in [3.63, 3.8) is 0 Å². The highest BCUT2D eigenvalue weighted by Gasteiger charge is 2.65. The lowest BCUT2D eigenvalue weighted by Crippen LogP contribution is -2.51. The Morgan fingerprint density at radius 3 is 2.47 bits per heavy atom. The summed E-state index contributed by atoms with van der Waals surface area (Å²) in [6.45, 7) is 5.60. The third-order valence-electron chi connectivity index (χ3n) is 8.90. The van der Waals surface area contributed by atoms with E-state index in [1.807, 2.05) is 23.1 Å². The van der Waals surface area contributed by atoms with Gasteiger partial charge in [0.25, 0.3) is 0 Å². The van der Waals surface area contributed by atoms with Gasteiger partial charge in [0.15, 0.2) is 0 Å². The smallest absolute Gasteiger partial charge is 0.135 e. The number of aliphatic hydroxyl groups excluding tert-OH is 1. The summed E-state index contributed by atoms with van der Waals surface area (Å²) in [6, 6.07) is 9.53. The van der Waals surface area contributed by atoms with Crippen molar-refractivity contribution in [3.05, 3.63) is 83.6 Å². The molecule has 38 heavy (non-hydrogen) atoms. The molecular weight excluding hydrogens is 486 g/mol. The quantitative estimate of drug-likeness (QED) is 0.426. The Morgan fingerprint density at radius 2 is 1.76 bits per heavy atom. The number of fused-ring (bicyclic) bond motifs is 5. The van der Waals surface area contributed by atoms with Gasteiger partial charge in [0, 0.05) is 31.0 Å². The average molecular weight is 513 g/mol. The van der Waals surface area contributed by atoms with Gasteiger partial charge >= 0.3 is 0 Å². The van der Waals surface area contributed by atoms with E-state index in [0.717, 1.165) is 41.2 Å². The van der Waals surface area contributed by atoms with Crippen LogP contribution in [0.3, 0.4) is 0 Å². The topological polar surface area (TPSA) is 87.9 Å². The van der Waals surface area contributed by atoms with Crippen LogP contribution in [0.1, 0.15) is 49.6 Å². The van der Waals surface area contributed by atoms with E-state index in [2.05, 4.69) is 34.0 Å². The van der Waals surface area contributed by atoms with Gasteiger partial charge in [0.05, 0.1) is 46.1 Å². The molecule has 1 aromatic carbocycles. The number of benzene rings is 1. The van der Waals surface area contributed by atoms with Crippen molar-refractivity contribution in [2.45, 2.75) is 44.1 Å². The third kappa shape index (κ3) is 3.11. The zero-order valence-corrected chi connectivity index (χ0v) is 21.1. The van der Waals surface area contributed by atoms with Crippen molar-refractivity contribution in [2.24, 2.45) is 5.41 Å². The minimum absolute atomic E-state index is 0.150.